The predicted octanol–water partition coefficient (Wildman–Crippen LogP) is 4.40. The zero-order valence-corrected chi connectivity index (χ0v) is 14.8. The van der Waals surface area contributed by atoms with Gasteiger partial charge in [-0.2, -0.15) is 0 Å². The Balaban J connectivity index is 1.68. The first-order valence-electron chi connectivity index (χ1n) is 7.86. The second kappa shape index (κ2) is 7.36. The Bertz CT molecular complexity index is 736. The van der Waals surface area contributed by atoms with Crippen LogP contribution < -0.4 is 5.32 Å². The number of hydrogen-bond donors (Lipinski definition) is 1. The Kier molecular flexibility index (Phi) is 5.21. The molecule has 1 aliphatic rings. The summed E-state index contributed by atoms with van der Waals surface area (Å²) in [6.45, 7) is 3.76. The van der Waals surface area contributed by atoms with Crippen molar-refractivity contribution in [3.05, 3.63) is 46.2 Å². The normalized spacial score (nSPS) is 17.6. The molecular formula is C17H18Cl2N4O. The highest BCUT2D eigenvalue weighted by atomic mass is 35.5. The minimum Gasteiger partial charge on any atom is -0.338 e. The van der Waals surface area contributed by atoms with Gasteiger partial charge in [-0.25, -0.2) is 9.97 Å². The van der Waals surface area contributed by atoms with Crippen LogP contribution in [-0.4, -0.2) is 33.9 Å². The van der Waals surface area contributed by atoms with Crippen LogP contribution in [0.4, 0.5) is 11.6 Å². The van der Waals surface area contributed by atoms with Gasteiger partial charge in [-0.3, -0.25) is 4.79 Å². The van der Waals surface area contributed by atoms with Gasteiger partial charge < -0.3 is 10.2 Å². The first kappa shape index (κ1) is 17.0. The van der Waals surface area contributed by atoms with E-state index in [2.05, 4.69) is 22.2 Å². The van der Waals surface area contributed by atoms with Crippen LogP contribution in [-0.2, 0) is 0 Å². The molecule has 0 spiro atoms. The molecule has 0 saturated carbocycles. The molecule has 2 heterocycles. The number of rotatable bonds is 3. The van der Waals surface area contributed by atoms with Gasteiger partial charge in [0.15, 0.2) is 0 Å². The third kappa shape index (κ3) is 3.97. The molecule has 24 heavy (non-hydrogen) atoms. The third-order valence-electron chi connectivity index (χ3n) is 4.02. The van der Waals surface area contributed by atoms with E-state index < -0.39 is 0 Å². The van der Waals surface area contributed by atoms with Crippen molar-refractivity contribution in [1.29, 1.82) is 0 Å². The SMILES string of the molecule is CC1CCCN(C(=O)c2cnc(Nc3ccc(Cl)c(Cl)c3)nc2)C1. The maximum absolute atomic E-state index is 12.5. The monoisotopic (exact) mass is 364 g/mol. The first-order valence-corrected chi connectivity index (χ1v) is 8.62. The molecule has 1 saturated heterocycles. The summed E-state index contributed by atoms with van der Waals surface area (Å²) in [5, 5.41) is 3.97. The Morgan fingerprint density at radius 3 is 2.67 bits per heavy atom. The van der Waals surface area contributed by atoms with E-state index in [0.29, 0.717) is 27.5 Å². The second-order valence-electron chi connectivity index (χ2n) is 6.05. The minimum atomic E-state index is -0.0114. The molecule has 0 radical (unpaired) electrons. The van der Waals surface area contributed by atoms with Gasteiger partial charge in [0, 0.05) is 31.2 Å². The van der Waals surface area contributed by atoms with E-state index in [9.17, 15) is 4.79 Å². The Morgan fingerprint density at radius 2 is 2.00 bits per heavy atom. The smallest absolute Gasteiger partial charge is 0.257 e. The highest BCUT2D eigenvalue weighted by Crippen LogP contribution is 2.26. The van der Waals surface area contributed by atoms with Gasteiger partial charge in [-0.15, -0.1) is 0 Å². The Hall–Kier alpha value is -1.85. The van der Waals surface area contributed by atoms with E-state index in [-0.39, 0.29) is 5.91 Å². The molecule has 1 atom stereocenters. The number of halogens is 2. The van der Waals surface area contributed by atoms with Gasteiger partial charge in [-0.05, 0) is 37.0 Å². The van der Waals surface area contributed by atoms with Crippen LogP contribution in [0.3, 0.4) is 0 Å². The number of likely N-dealkylation sites (tertiary alicyclic amines) is 1. The van der Waals surface area contributed by atoms with Gasteiger partial charge in [0.1, 0.15) is 0 Å². The molecule has 5 nitrogen and oxygen atoms in total. The van der Waals surface area contributed by atoms with Crippen molar-refractivity contribution >= 4 is 40.7 Å². The molecule has 3 rings (SSSR count). The molecule has 1 aromatic heterocycles. The number of benzene rings is 1. The van der Waals surface area contributed by atoms with E-state index in [4.69, 9.17) is 23.2 Å². The second-order valence-corrected chi connectivity index (χ2v) is 6.86. The zero-order valence-electron chi connectivity index (χ0n) is 13.3. The molecule has 126 valence electrons. The summed E-state index contributed by atoms with van der Waals surface area (Å²) < 4.78 is 0. The molecule has 0 bridgehead atoms. The van der Waals surface area contributed by atoms with Gasteiger partial charge in [0.05, 0.1) is 15.6 Å². The maximum atomic E-state index is 12.5. The van der Waals surface area contributed by atoms with Crippen LogP contribution in [0.25, 0.3) is 0 Å². The lowest BCUT2D eigenvalue weighted by molar-refractivity contribution is 0.0682. The van der Waals surface area contributed by atoms with Crippen LogP contribution in [0.2, 0.25) is 10.0 Å². The van der Waals surface area contributed by atoms with Gasteiger partial charge in [-0.1, -0.05) is 30.1 Å². The highest BCUT2D eigenvalue weighted by molar-refractivity contribution is 6.42. The maximum Gasteiger partial charge on any atom is 0.257 e. The summed E-state index contributed by atoms with van der Waals surface area (Å²) in [4.78, 5) is 22.8. The quantitative estimate of drug-likeness (QED) is 0.876. The number of piperidine rings is 1. The topological polar surface area (TPSA) is 58.1 Å². The summed E-state index contributed by atoms with van der Waals surface area (Å²) in [6, 6.07) is 5.18. The molecule has 2 aromatic rings. The van der Waals surface area contributed by atoms with Gasteiger partial charge in [0.25, 0.3) is 5.91 Å². The molecule has 1 unspecified atom stereocenters. The fourth-order valence-corrected chi connectivity index (χ4v) is 3.06. The van der Waals surface area contributed by atoms with Crippen molar-refractivity contribution in [1.82, 2.24) is 14.9 Å². The predicted molar refractivity (Wildman–Crippen MR) is 96.1 cm³/mol. The summed E-state index contributed by atoms with van der Waals surface area (Å²) in [7, 11) is 0. The zero-order chi connectivity index (χ0) is 17.1. The lowest BCUT2D eigenvalue weighted by Crippen LogP contribution is -2.39. The number of nitrogens with zero attached hydrogens (tertiary/aromatic N) is 3. The van der Waals surface area contributed by atoms with E-state index in [0.717, 1.165) is 25.2 Å². The standard InChI is InChI=1S/C17H18Cl2N4O/c1-11-3-2-6-23(10-11)16(24)12-8-20-17(21-9-12)22-13-4-5-14(18)15(19)7-13/h4-5,7-9,11H,2-3,6,10H2,1H3,(H,20,21,22). The van der Waals surface area contributed by atoms with E-state index in [1.54, 1.807) is 30.6 Å². The van der Waals surface area contributed by atoms with Gasteiger partial charge >= 0.3 is 0 Å². The average molecular weight is 365 g/mol. The molecule has 1 aliphatic heterocycles. The lowest BCUT2D eigenvalue weighted by Gasteiger charge is -2.30. The number of amides is 1. The van der Waals surface area contributed by atoms with Crippen molar-refractivity contribution in [3.8, 4) is 0 Å². The third-order valence-corrected chi connectivity index (χ3v) is 4.76. The Morgan fingerprint density at radius 1 is 1.25 bits per heavy atom. The molecule has 7 heteroatoms. The molecule has 1 aromatic carbocycles. The van der Waals surface area contributed by atoms with Crippen molar-refractivity contribution in [2.24, 2.45) is 5.92 Å². The number of carbonyl (C=O) groups is 1. The largest absolute Gasteiger partial charge is 0.338 e. The molecule has 0 aliphatic carbocycles. The number of carbonyl (C=O) groups excluding carboxylic acids is 1. The van der Waals surface area contributed by atoms with Crippen LogP contribution >= 0.6 is 23.2 Å². The highest BCUT2D eigenvalue weighted by Gasteiger charge is 2.22. The number of nitrogens with one attached hydrogen (secondary N) is 1. The van der Waals surface area contributed by atoms with Crippen LogP contribution in [0, 0.1) is 5.92 Å². The van der Waals surface area contributed by atoms with Crippen LogP contribution in [0.15, 0.2) is 30.6 Å². The lowest BCUT2D eigenvalue weighted by atomic mass is 10.00. The van der Waals surface area contributed by atoms with Crippen molar-refractivity contribution in [2.45, 2.75) is 19.8 Å². The van der Waals surface area contributed by atoms with Crippen molar-refractivity contribution < 1.29 is 4.79 Å². The Labute approximate surface area is 151 Å². The average Bonchev–Trinajstić information content (AvgIpc) is 2.58. The fraction of sp³-hybridized carbons (Fsp3) is 0.353. The van der Waals surface area contributed by atoms with E-state index >= 15 is 0 Å². The molecular weight excluding hydrogens is 347 g/mol. The molecule has 1 N–H and O–H groups in total. The number of hydrogen-bond acceptors (Lipinski definition) is 4. The number of anilines is 2. The van der Waals surface area contributed by atoms with E-state index in [1.165, 1.54) is 6.42 Å². The van der Waals surface area contributed by atoms with Gasteiger partial charge in [0.2, 0.25) is 5.95 Å². The molecule has 1 amide bonds. The van der Waals surface area contributed by atoms with E-state index in [1.807, 2.05) is 4.90 Å². The van der Waals surface area contributed by atoms with Crippen molar-refractivity contribution in [2.75, 3.05) is 18.4 Å². The first-order chi connectivity index (χ1) is 11.5. The van der Waals surface area contributed by atoms with Crippen LogP contribution in [0.1, 0.15) is 30.1 Å². The molecule has 1 fully saturated rings. The van der Waals surface area contributed by atoms with Crippen molar-refractivity contribution in [3.63, 3.8) is 0 Å². The fourth-order valence-electron chi connectivity index (χ4n) is 2.76. The summed E-state index contributed by atoms with van der Waals surface area (Å²) in [6.07, 6.45) is 5.32. The van der Waals surface area contributed by atoms with Crippen LogP contribution in [0.5, 0.6) is 0 Å². The summed E-state index contributed by atoms with van der Waals surface area (Å²) in [5.74, 6) is 0.929. The summed E-state index contributed by atoms with van der Waals surface area (Å²) in [5.41, 5.74) is 1.23. The number of aromatic nitrogens is 2. The summed E-state index contributed by atoms with van der Waals surface area (Å²) >= 11 is 11.9. The minimum absolute atomic E-state index is 0.0114.